The molecular formula is C20H22F3IN4O. The van der Waals surface area contributed by atoms with E-state index in [1.807, 2.05) is 24.3 Å². The Morgan fingerprint density at radius 3 is 2.38 bits per heavy atom. The molecule has 0 atom stereocenters. The Kier molecular flexibility index (Phi) is 8.18. The van der Waals surface area contributed by atoms with E-state index in [2.05, 4.69) is 26.7 Å². The van der Waals surface area contributed by atoms with E-state index in [0.717, 1.165) is 22.2 Å². The monoisotopic (exact) mass is 518 g/mol. The van der Waals surface area contributed by atoms with E-state index < -0.39 is 12.8 Å². The Balaban J connectivity index is 0.00000300. The summed E-state index contributed by atoms with van der Waals surface area (Å²) in [5.74, 6) is 0.804. The second-order valence-electron chi connectivity index (χ2n) is 6.21. The topological polar surface area (TPSA) is 61.4 Å². The summed E-state index contributed by atoms with van der Waals surface area (Å²) in [7, 11) is 1.68. The van der Waals surface area contributed by atoms with Crippen molar-refractivity contribution in [3.8, 4) is 5.75 Å². The van der Waals surface area contributed by atoms with Gasteiger partial charge in [0, 0.05) is 24.8 Å². The fourth-order valence-electron chi connectivity index (χ4n) is 2.68. The number of halogens is 4. The third kappa shape index (κ3) is 7.15. The van der Waals surface area contributed by atoms with Crippen molar-refractivity contribution in [1.82, 2.24) is 15.6 Å². The van der Waals surface area contributed by atoms with Gasteiger partial charge < -0.3 is 20.4 Å². The minimum Gasteiger partial charge on any atom is -0.484 e. The summed E-state index contributed by atoms with van der Waals surface area (Å²) in [6.07, 6.45) is -4.34. The van der Waals surface area contributed by atoms with Crippen LogP contribution in [0.5, 0.6) is 5.75 Å². The number of hydrogen-bond donors (Lipinski definition) is 3. The second-order valence-corrected chi connectivity index (χ2v) is 6.21. The predicted octanol–water partition coefficient (Wildman–Crippen LogP) is 4.59. The zero-order chi connectivity index (χ0) is 20.0. The maximum atomic E-state index is 12.2. The molecule has 9 heteroatoms. The number of nitrogens with one attached hydrogen (secondary N) is 3. The van der Waals surface area contributed by atoms with Crippen molar-refractivity contribution < 1.29 is 17.9 Å². The largest absolute Gasteiger partial charge is 0.484 e. The van der Waals surface area contributed by atoms with E-state index in [9.17, 15) is 13.2 Å². The standard InChI is InChI=1S/C20H21F3N4O.HI/c1-24-19(26-12-16-10-15-4-2-3-5-18(15)27-16)25-11-14-6-8-17(9-7-14)28-13-20(21,22)23;/h2-10,27H,11-13H2,1H3,(H2,24,25,26);1H. The van der Waals surface area contributed by atoms with Gasteiger partial charge in [0.2, 0.25) is 0 Å². The fraction of sp³-hybridized carbons (Fsp3) is 0.250. The molecule has 0 aliphatic carbocycles. The molecule has 0 radical (unpaired) electrons. The minimum absolute atomic E-state index is 0. The van der Waals surface area contributed by atoms with Gasteiger partial charge in [-0.05, 0) is 35.2 Å². The highest BCUT2D eigenvalue weighted by Gasteiger charge is 2.28. The fourth-order valence-corrected chi connectivity index (χ4v) is 2.68. The van der Waals surface area contributed by atoms with Crippen molar-refractivity contribution in [1.29, 1.82) is 0 Å². The van der Waals surface area contributed by atoms with Crippen LogP contribution in [-0.4, -0.2) is 30.8 Å². The molecule has 156 valence electrons. The normalized spacial score (nSPS) is 11.8. The first-order valence-electron chi connectivity index (χ1n) is 8.72. The zero-order valence-electron chi connectivity index (χ0n) is 15.7. The van der Waals surface area contributed by atoms with Crippen LogP contribution in [0.3, 0.4) is 0 Å². The van der Waals surface area contributed by atoms with E-state index in [1.54, 1.807) is 19.2 Å². The van der Waals surface area contributed by atoms with E-state index in [1.165, 1.54) is 12.1 Å². The van der Waals surface area contributed by atoms with Crippen molar-refractivity contribution >= 4 is 40.8 Å². The number of hydrogen-bond acceptors (Lipinski definition) is 2. The number of fused-ring (bicyclic) bond motifs is 1. The molecule has 2 aromatic carbocycles. The van der Waals surface area contributed by atoms with Gasteiger partial charge in [-0.3, -0.25) is 4.99 Å². The predicted molar refractivity (Wildman–Crippen MR) is 119 cm³/mol. The Hall–Kier alpha value is -2.43. The smallest absolute Gasteiger partial charge is 0.422 e. The van der Waals surface area contributed by atoms with E-state index in [0.29, 0.717) is 19.0 Å². The average Bonchev–Trinajstić information content (AvgIpc) is 3.10. The molecule has 0 aliphatic heterocycles. The average molecular weight is 518 g/mol. The molecule has 0 saturated carbocycles. The van der Waals surface area contributed by atoms with Crippen LogP contribution in [0.25, 0.3) is 10.9 Å². The zero-order valence-corrected chi connectivity index (χ0v) is 18.0. The molecule has 1 heterocycles. The highest BCUT2D eigenvalue weighted by Crippen LogP contribution is 2.19. The van der Waals surface area contributed by atoms with Crippen molar-refractivity contribution in [3.63, 3.8) is 0 Å². The third-order valence-corrected chi connectivity index (χ3v) is 4.04. The number of benzene rings is 2. The van der Waals surface area contributed by atoms with E-state index in [4.69, 9.17) is 4.74 Å². The highest BCUT2D eigenvalue weighted by atomic mass is 127. The van der Waals surface area contributed by atoms with Crippen LogP contribution in [0.15, 0.2) is 59.6 Å². The number of rotatable bonds is 6. The van der Waals surface area contributed by atoms with Crippen molar-refractivity contribution in [2.45, 2.75) is 19.3 Å². The lowest BCUT2D eigenvalue weighted by Gasteiger charge is -2.12. The first-order valence-corrected chi connectivity index (χ1v) is 8.72. The van der Waals surface area contributed by atoms with Crippen LogP contribution in [0, 0.1) is 0 Å². The first kappa shape index (κ1) is 22.9. The van der Waals surface area contributed by atoms with Crippen LogP contribution in [0.4, 0.5) is 13.2 Å². The summed E-state index contributed by atoms with van der Waals surface area (Å²) in [6.45, 7) is -0.237. The molecule has 29 heavy (non-hydrogen) atoms. The summed E-state index contributed by atoms with van der Waals surface area (Å²) >= 11 is 0. The summed E-state index contributed by atoms with van der Waals surface area (Å²) in [5.41, 5.74) is 3.01. The quantitative estimate of drug-likeness (QED) is 0.254. The van der Waals surface area contributed by atoms with Gasteiger partial charge in [-0.15, -0.1) is 24.0 Å². The number of aromatic nitrogens is 1. The minimum atomic E-state index is -4.34. The Morgan fingerprint density at radius 2 is 1.72 bits per heavy atom. The Labute approximate surface area is 183 Å². The number of para-hydroxylation sites is 1. The van der Waals surface area contributed by atoms with Crippen LogP contribution < -0.4 is 15.4 Å². The van der Waals surface area contributed by atoms with Gasteiger partial charge in [-0.25, -0.2) is 0 Å². The van der Waals surface area contributed by atoms with Crippen molar-refractivity contribution in [2.75, 3.05) is 13.7 Å². The van der Waals surface area contributed by atoms with Gasteiger partial charge in [-0.2, -0.15) is 13.2 Å². The highest BCUT2D eigenvalue weighted by molar-refractivity contribution is 14.0. The van der Waals surface area contributed by atoms with Crippen LogP contribution >= 0.6 is 24.0 Å². The van der Waals surface area contributed by atoms with Crippen molar-refractivity contribution in [3.05, 3.63) is 65.9 Å². The molecule has 3 rings (SSSR count). The van der Waals surface area contributed by atoms with Gasteiger partial charge in [-0.1, -0.05) is 30.3 Å². The molecule has 1 aromatic heterocycles. The molecule has 0 aliphatic rings. The molecule has 0 amide bonds. The molecular weight excluding hydrogens is 496 g/mol. The van der Waals surface area contributed by atoms with E-state index >= 15 is 0 Å². The summed E-state index contributed by atoms with van der Waals surface area (Å²) in [4.78, 5) is 7.52. The van der Waals surface area contributed by atoms with Gasteiger partial charge in [0.05, 0.1) is 6.54 Å². The number of H-pyrrole nitrogens is 1. The van der Waals surface area contributed by atoms with Gasteiger partial charge in [0.25, 0.3) is 0 Å². The summed E-state index contributed by atoms with van der Waals surface area (Å²) < 4.78 is 41.2. The first-order chi connectivity index (χ1) is 13.4. The third-order valence-electron chi connectivity index (χ3n) is 4.04. The SMILES string of the molecule is CN=C(NCc1ccc(OCC(F)(F)F)cc1)NCc1cc2ccccc2[nH]1.I. The maximum absolute atomic E-state index is 12.2. The lowest BCUT2D eigenvalue weighted by Crippen LogP contribution is -2.36. The number of nitrogens with zero attached hydrogens (tertiary/aromatic N) is 1. The molecule has 0 spiro atoms. The van der Waals surface area contributed by atoms with Gasteiger partial charge in [0.15, 0.2) is 12.6 Å². The molecule has 0 unspecified atom stereocenters. The van der Waals surface area contributed by atoms with E-state index in [-0.39, 0.29) is 29.7 Å². The number of guanidine groups is 1. The van der Waals surface area contributed by atoms with Crippen LogP contribution in [-0.2, 0) is 13.1 Å². The maximum Gasteiger partial charge on any atom is 0.422 e. The van der Waals surface area contributed by atoms with Crippen LogP contribution in [0.2, 0.25) is 0 Å². The van der Waals surface area contributed by atoms with Gasteiger partial charge in [0.1, 0.15) is 5.75 Å². The molecule has 0 bridgehead atoms. The lowest BCUT2D eigenvalue weighted by molar-refractivity contribution is -0.153. The second kappa shape index (κ2) is 10.4. The Bertz CT molecular complexity index is 906. The molecule has 5 nitrogen and oxygen atoms in total. The molecule has 0 saturated heterocycles. The molecule has 3 N–H and O–H groups in total. The number of aromatic amines is 1. The summed E-state index contributed by atoms with van der Waals surface area (Å²) in [5, 5.41) is 7.54. The number of alkyl halides is 3. The molecule has 0 fully saturated rings. The van der Waals surface area contributed by atoms with Crippen LogP contribution in [0.1, 0.15) is 11.3 Å². The van der Waals surface area contributed by atoms with Gasteiger partial charge >= 0.3 is 6.18 Å². The lowest BCUT2D eigenvalue weighted by atomic mass is 10.2. The summed E-state index contributed by atoms with van der Waals surface area (Å²) in [6, 6.07) is 16.6. The van der Waals surface area contributed by atoms with Crippen molar-refractivity contribution in [2.24, 2.45) is 4.99 Å². The Morgan fingerprint density at radius 1 is 1.03 bits per heavy atom. The number of aliphatic imine (C=N–C) groups is 1. The number of ether oxygens (including phenoxy) is 1. The molecule has 3 aromatic rings.